The molecule has 0 aromatic carbocycles. The number of aryl methyl sites for hydroxylation is 2. The van der Waals surface area contributed by atoms with Gasteiger partial charge in [-0.2, -0.15) is 0 Å². The lowest BCUT2D eigenvalue weighted by molar-refractivity contribution is 0.581. The van der Waals surface area contributed by atoms with Crippen LogP contribution in [0.3, 0.4) is 0 Å². The van der Waals surface area contributed by atoms with Crippen LogP contribution in [0.5, 0.6) is 0 Å². The molecule has 1 aliphatic carbocycles. The largest absolute Gasteiger partial charge is 0.317 e. The Balaban J connectivity index is 1.86. The second-order valence-electron chi connectivity index (χ2n) is 6.43. The second kappa shape index (κ2) is 5.20. The van der Waals surface area contributed by atoms with Crippen molar-refractivity contribution in [3.05, 3.63) is 31.7 Å². The van der Waals surface area contributed by atoms with Gasteiger partial charge in [-0.3, -0.25) is 0 Å². The zero-order valence-corrected chi connectivity index (χ0v) is 13.9. The summed E-state index contributed by atoms with van der Waals surface area (Å²) in [7, 11) is 0. The minimum Gasteiger partial charge on any atom is -0.317 e. The van der Waals surface area contributed by atoms with Crippen LogP contribution in [0.1, 0.15) is 65.9 Å². The summed E-state index contributed by atoms with van der Waals surface area (Å²) in [6.07, 6.45) is 4.83. The van der Waals surface area contributed by atoms with E-state index in [2.05, 4.69) is 26.2 Å². The van der Waals surface area contributed by atoms with Crippen LogP contribution in [0.4, 0.5) is 0 Å². The molecule has 2 aromatic rings. The smallest absolute Gasteiger partial charge is 0.116 e. The molecule has 0 saturated heterocycles. The summed E-state index contributed by atoms with van der Waals surface area (Å²) in [5.74, 6) is 0. The van der Waals surface area contributed by atoms with Gasteiger partial charge in [0, 0.05) is 15.7 Å². The lowest BCUT2D eigenvalue weighted by atomic mass is 9.98. The number of nitrogens with two attached hydrogens (primary N) is 1. The highest BCUT2D eigenvalue weighted by atomic mass is 32.1. The molecule has 2 N–H and O–H groups in total. The molecule has 108 valence electrons. The van der Waals surface area contributed by atoms with Gasteiger partial charge in [-0.1, -0.05) is 20.8 Å². The fourth-order valence-corrected chi connectivity index (χ4v) is 4.52. The predicted octanol–water partition coefficient (Wildman–Crippen LogP) is 3.82. The van der Waals surface area contributed by atoms with E-state index >= 15 is 0 Å². The summed E-state index contributed by atoms with van der Waals surface area (Å²) in [5.41, 5.74) is 8.70. The van der Waals surface area contributed by atoms with Gasteiger partial charge in [0.1, 0.15) is 11.0 Å². The Morgan fingerprint density at radius 1 is 1.20 bits per heavy atom. The Bertz CT molecular complexity index is 583. The summed E-state index contributed by atoms with van der Waals surface area (Å²) in [5, 5.41) is 4.26. The van der Waals surface area contributed by atoms with Gasteiger partial charge in [0.15, 0.2) is 0 Å². The monoisotopic (exact) mass is 307 g/mol. The normalized spacial score (nSPS) is 17.0. The molecule has 0 aliphatic heterocycles. The van der Waals surface area contributed by atoms with Gasteiger partial charge < -0.3 is 5.73 Å². The number of thiazole rings is 2. The first-order valence-corrected chi connectivity index (χ1v) is 8.85. The van der Waals surface area contributed by atoms with Crippen LogP contribution in [0.25, 0.3) is 0 Å². The van der Waals surface area contributed by atoms with E-state index in [4.69, 9.17) is 15.7 Å². The molecule has 20 heavy (non-hydrogen) atoms. The van der Waals surface area contributed by atoms with Crippen LogP contribution in [-0.2, 0) is 18.3 Å². The van der Waals surface area contributed by atoms with Gasteiger partial charge in [-0.15, -0.1) is 22.7 Å². The molecular formula is C15H21N3S2. The summed E-state index contributed by atoms with van der Waals surface area (Å²) in [6.45, 7) is 6.55. The average molecular weight is 307 g/mol. The van der Waals surface area contributed by atoms with Crippen molar-refractivity contribution in [1.82, 2.24) is 9.97 Å². The molecule has 3 rings (SSSR count). The van der Waals surface area contributed by atoms with Crippen molar-refractivity contribution in [2.45, 2.75) is 57.9 Å². The maximum absolute atomic E-state index is 6.38. The van der Waals surface area contributed by atoms with E-state index in [1.807, 2.05) is 0 Å². The third-order valence-electron chi connectivity index (χ3n) is 3.61. The van der Waals surface area contributed by atoms with Crippen LogP contribution >= 0.6 is 22.7 Å². The first-order chi connectivity index (χ1) is 9.45. The van der Waals surface area contributed by atoms with Crippen molar-refractivity contribution < 1.29 is 0 Å². The zero-order valence-electron chi connectivity index (χ0n) is 12.3. The molecule has 2 heterocycles. The molecule has 0 radical (unpaired) electrons. The lowest BCUT2D eigenvalue weighted by Gasteiger charge is -2.14. The number of rotatable bonds is 2. The van der Waals surface area contributed by atoms with Gasteiger partial charge in [0.25, 0.3) is 0 Å². The highest BCUT2D eigenvalue weighted by Crippen LogP contribution is 2.33. The van der Waals surface area contributed by atoms with E-state index < -0.39 is 0 Å². The van der Waals surface area contributed by atoms with Crippen molar-refractivity contribution >= 4 is 22.7 Å². The van der Waals surface area contributed by atoms with Crippen LogP contribution in [0.15, 0.2) is 5.38 Å². The van der Waals surface area contributed by atoms with Gasteiger partial charge in [-0.25, -0.2) is 9.97 Å². The Hall–Kier alpha value is -0.780. The van der Waals surface area contributed by atoms with Crippen LogP contribution in [-0.4, -0.2) is 9.97 Å². The van der Waals surface area contributed by atoms with Crippen molar-refractivity contribution in [3.63, 3.8) is 0 Å². The van der Waals surface area contributed by atoms with E-state index in [9.17, 15) is 0 Å². The summed E-state index contributed by atoms with van der Waals surface area (Å²) >= 11 is 3.48. The van der Waals surface area contributed by atoms with E-state index in [0.717, 1.165) is 22.1 Å². The standard InChI is InChI=1S/C15H21N3S2/c1-15(2,3)14-18-10(8-19-14)12(16)13-17-9-6-4-5-7-11(9)20-13/h8,12H,4-7,16H2,1-3H3. The third kappa shape index (κ3) is 2.67. The first kappa shape index (κ1) is 14.2. The summed E-state index contributed by atoms with van der Waals surface area (Å²) < 4.78 is 0. The number of hydrogen-bond donors (Lipinski definition) is 1. The zero-order chi connectivity index (χ0) is 14.3. The van der Waals surface area contributed by atoms with E-state index in [0.29, 0.717) is 0 Å². The maximum Gasteiger partial charge on any atom is 0.116 e. The molecule has 1 unspecified atom stereocenters. The van der Waals surface area contributed by atoms with Crippen molar-refractivity contribution in [1.29, 1.82) is 0 Å². The molecule has 1 atom stereocenters. The van der Waals surface area contributed by atoms with Gasteiger partial charge in [0.05, 0.1) is 16.4 Å². The molecule has 0 saturated carbocycles. The third-order valence-corrected chi connectivity index (χ3v) is 6.14. The number of aromatic nitrogens is 2. The fraction of sp³-hybridized carbons (Fsp3) is 0.600. The molecule has 0 bridgehead atoms. The number of hydrogen-bond acceptors (Lipinski definition) is 5. The van der Waals surface area contributed by atoms with Crippen LogP contribution in [0.2, 0.25) is 0 Å². The van der Waals surface area contributed by atoms with Gasteiger partial charge in [-0.05, 0) is 25.7 Å². The molecule has 3 nitrogen and oxygen atoms in total. The number of nitrogens with zero attached hydrogens (tertiary/aromatic N) is 2. The molecule has 0 amide bonds. The van der Waals surface area contributed by atoms with Crippen LogP contribution < -0.4 is 5.73 Å². The minimum atomic E-state index is -0.169. The lowest BCUT2D eigenvalue weighted by Crippen LogP contribution is -2.15. The summed E-state index contributed by atoms with van der Waals surface area (Å²) in [6, 6.07) is -0.169. The minimum absolute atomic E-state index is 0.0880. The summed E-state index contributed by atoms with van der Waals surface area (Å²) in [4.78, 5) is 10.9. The maximum atomic E-state index is 6.38. The van der Waals surface area contributed by atoms with E-state index in [1.54, 1.807) is 22.7 Å². The Labute approximate surface area is 128 Å². The van der Waals surface area contributed by atoms with Gasteiger partial charge in [0.2, 0.25) is 0 Å². The molecule has 2 aromatic heterocycles. The molecule has 1 aliphatic rings. The second-order valence-corrected chi connectivity index (χ2v) is 8.41. The SMILES string of the molecule is CC(C)(C)c1nc(C(N)c2nc3c(s2)CCCC3)cs1. The Morgan fingerprint density at radius 2 is 1.95 bits per heavy atom. The van der Waals surface area contributed by atoms with E-state index in [1.165, 1.54) is 29.8 Å². The van der Waals surface area contributed by atoms with Crippen molar-refractivity contribution in [3.8, 4) is 0 Å². The Kier molecular flexibility index (Phi) is 3.69. The quantitative estimate of drug-likeness (QED) is 0.917. The predicted molar refractivity (Wildman–Crippen MR) is 85.6 cm³/mol. The molecule has 0 spiro atoms. The fourth-order valence-electron chi connectivity index (χ4n) is 2.40. The molecular weight excluding hydrogens is 286 g/mol. The van der Waals surface area contributed by atoms with Crippen molar-refractivity contribution in [2.24, 2.45) is 5.73 Å². The number of fused-ring (bicyclic) bond motifs is 1. The topological polar surface area (TPSA) is 51.8 Å². The van der Waals surface area contributed by atoms with E-state index in [-0.39, 0.29) is 11.5 Å². The first-order valence-electron chi connectivity index (χ1n) is 7.15. The highest BCUT2D eigenvalue weighted by molar-refractivity contribution is 7.12. The van der Waals surface area contributed by atoms with Crippen molar-refractivity contribution in [2.75, 3.05) is 0 Å². The highest BCUT2D eigenvalue weighted by Gasteiger charge is 2.24. The van der Waals surface area contributed by atoms with Crippen LogP contribution in [0, 0.1) is 0 Å². The van der Waals surface area contributed by atoms with Gasteiger partial charge >= 0.3 is 0 Å². The molecule has 0 fully saturated rings. The molecule has 5 heteroatoms. The Morgan fingerprint density at radius 3 is 2.60 bits per heavy atom. The average Bonchev–Trinajstić information content (AvgIpc) is 3.04.